The first-order chi connectivity index (χ1) is 11.1. The minimum absolute atomic E-state index is 0. The minimum atomic E-state index is 0. The standard InChI is InChI=1S/C20H20N2O.ClH/c1-14(23)22-11-10-16-5-2-4-15-8-9-18(13-20(15)16)17-6-3-7-19(21)12-17;/h2-9,12-13H,10-11,21H2,1H3,(H,22,23);1H. The molecular formula is C20H21ClN2O. The maximum Gasteiger partial charge on any atom is 0.216 e. The molecule has 0 atom stereocenters. The van der Waals surface area contributed by atoms with Crippen LogP contribution in [0.4, 0.5) is 5.69 Å². The van der Waals surface area contributed by atoms with Gasteiger partial charge in [0, 0.05) is 19.2 Å². The molecule has 1 amide bonds. The molecule has 124 valence electrons. The van der Waals surface area contributed by atoms with Crippen LogP contribution in [0.1, 0.15) is 12.5 Å². The van der Waals surface area contributed by atoms with Gasteiger partial charge in [-0.05, 0) is 52.1 Å². The van der Waals surface area contributed by atoms with Crippen molar-refractivity contribution in [2.45, 2.75) is 13.3 Å². The number of fused-ring (bicyclic) bond motifs is 1. The highest BCUT2D eigenvalue weighted by Gasteiger charge is 2.05. The van der Waals surface area contributed by atoms with Crippen molar-refractivity contribution in [2.24, 2.45) is 0 Å². The number of halogens is 1. The zero-order valence-electron chi connectivity index (χ0n) is 13.6. The van der Waals surface area contributed by atoms with Crippen LogP contribution in [-0.4, -0.2) is 12.5 Å². The highest BCUT2D eigenvalue weighted by atomic mass is 35.5. The summed E-state index contributed by atoms with van der Waals surface area (Å²) >= 11 is 0. The van der Waals surface area contributed by atoms with Gasteiger partial charge in [0.05, 0.1) is 0 Å². The smallest absolute Gasteiger partial charge is 0.216 e. The van der Waals surface area contributed by atoms with Gasteiger partial charge in [0.15, 0.2) is 0 Å². The van der Waals surface area contributed by atoms with E-state index in [9.17, 15) is 4.79 Å². The van der Waals surface area contributed by atoms with Crippen molar-refractivity contribution in [3.05, 3.63) is 66.2 Å². The number of hydrogen-bond donors (Lipinski definition) is 2. The normalized spacial score (nSPS) is 10.2. The molecule has 4 heteroatoms. The summed E-state index contributed by atoms with van der Waals surface area (Å²) in [6.45, 7) is 2.19. The highest BCUT2D eigenvalue weighted by molar-refractivity contribution is 5.90. The maximum absolute atomic E-state index is 11.0. The van der Waals surface area contributed by atoms with Crippen LogP contribution >= 0.6 is 12.4 Å². The van der Waals surface area contributed by atoms with Crippen LogP contribution in [0.3, 0.4) is 0 Å². The number of carbonyl (C=O) groups is 1. The van der Waals surface area contributed by atoms with E-state index >= 15 is 0 Å². The Morgan fingerprint density at radius 3 is 2.50 bits per heavy atom. The van der Waals surface area contributed by atoms with Crippen LogP contribution in [0.2, 0.25) is 0 Å². The van der Waals surface area contributed by atoms with E-state index in [1.54, 1.807) is 6.92 Å². The van der Waals surface area contributed by atoms with Gasteiger partial charge < -0.3 is 11.1 Å². The summed E-state index contributed by atoms with van der Waals surface area (Å²) in [7, 11) is 0. The first kappa shape index (κ1) is 17.8. The second-order valence-electron chi connectivity index (χ2n) is 5.71. The minimum Gasteiger partial charge on any atom is -0.399 e. The van der Waals surface area contributed by atoms with Crippen LogP contribution < -0.4 is 11.1 Å². The van der Waals surface area contributed by atoms with Gasteiger partial charge in [0.1, 0.15) is 0 Å². The lowest BCUT2D eigenvalue weighted by Gasteiger charge is -2.10. The van der Waals surface area contributed by atoms with E-state index in [0.717, 1.165) is 23.2 Å². The molecule has 3 rings (SSSR count). The van der Waals surface area contributed by atoms with Gasteiger partial charge in [-0.1, -0.05) is 42.5 Å². The lowest BCUT2D eigenvalue weighted by molar-refractivity contribution is -0.118. The van der Waals surface area contributed by atoms with Gasteiger partial charge in [-0.3, -0.25) is 4.79 Å². The van der Waals surface area contributed by atoms with Crippen molar-refractivity contribution in [3.63, 3.8) is 0 Å². The third kappa shape index (κ3) is 4.06. The number of nitrogen functional groups attached to an aromatic ring is 1. The summed E-state index contributed by atoms with van der Waals surface area (Å²) in [5, 5.41) is 5.28. The summed E-state index contributed by atoms with van der Waals surface area (Å²) in [6, 6.07) is 20.7. The average molecular weight is 341 g/mol. The fourth-order valence-electron chi connectivity index (χ4n) is 2.83. The number of carbonyl (C=O) groups excluding carboxylic acids is 1. The van der Waals surface area contributed by atoms with E-state index in [2.05, 4.69) is 47.8 Å². The number of anilines is 1. The summed E-state index contributed by atoms with van der Waals surface area (Å²) in [6.07, 6.45) is 0.817. The first-order valence-corrected chi connectivity index (χ1v) is 7.75. The van der Waals surface area contributed by atoms with E-state index in [1.165, 1.54) is 16.3 Å². The van der Waals surface area contributed by atoms with E-state index in [4.69, 9.17) is 5.73 Å². The Kier molecular flexibility index (Phi) is 5.83. The van der Waals surface area contributed by atoms with E-state index in [1.807, 2.05) is 18.2 Å². The Morgan fingerprint density at radius 2 is 1.75 bits per heavy atom. The average Bonchev–Trinajstić information content (AvgIpc) is 2.54. The Hall–Kier alpha value is -2.52. The predicted octanol–water partition coefficient (Wildman–Crippen LogP) is 4.19. The number of nitrogens with two attached hydrogens (primary N) is 1. The molecular weight excluding hydrogens is 320 g/mol. The Bertz CT molecular complexity index is 861. The third-order valence-electron chi connectivity index (χ3n) is 3.96. The quantitative estimate of drug-likeness (QED) is 0.700. The lowest BCUT2D eigenvalue weighted by Crippen LogP contribution is -2.22. The second-order valence-corrected chi connectivity index (χ2v) is 5.71. The molecule has 0 spiro atoms. The molecule has 3 N–H and O–H groups in total. The highest BCUT2D eigenvalue weighted by Crippen LogP contribution is 2.27. The first-order valence-electron chi connectivity index (χ1n) is 7.75. The number of rotatable bonds is 4. The lowest BCUT2D eigenvalue weighted by atomic mass is 9.97. The third-order valence-corrected chi connectivity index (χ3v) is 3.96. The number of amides is 1. The molecule has 24 heavy (non-hydrogen) atoms. The number of nitrogens with one attached hydrogen (secondary N) is 1. The van der Waals surface area contributed by atoms with Gasteiger partial charge in [-0.15, -0.1) is 12.4 Å². The molecule has 0 aliphatic rings. The van der Waals surface area contributed by atoms with Gasteiger partial charge >= 0.3 is 0 Å². The second kappa shape index (κ2) is 7.84. The zero-order valence-corrected chi connectivity index (χ0v) is 14.4. The number of benzene rings is 3. The molecule has 0 saturated heterocycles. The van der Waals surface area contributed by atoms with E-state index < -0.39 is 0 Å². The summed E-state index contributed by atoms with van der Waals surface area (Å²) in [4.78, 5) is 11.0. The van der Waals surface area contributed by atoms with Gasteiger partial charge in [-0.25, -0.2) is 0 Å². The van der Waals surface area contributed by atoms with Crippen LogP contribution in [0, 0.1) is 0 Å². The summed E-state index contributed by atoms with van der Waals surface area (Å²) in [5.41, 5.74) is 10.2. The monoisotopic (exact) mass is 340 g/mol. The summed E-state index contributed by atoms with van der Waals surface area (Å²) in [5.74, 6) is 0.00527. The molecule has 0 saturated carbocycles. The molecule has 0 bridgehead atoms. The molecule has 0 aromatic heterocycles. The van der Waals surface area contributed by atoms with Crippen molar-refractivity contribution in [3.8, 4) is 11.1 Å². The van der Waals surface area contributed by atoms with Gasteiger partial charge in [0.2, 0.25) is 5.91 Å². The van der Waals surface area contributed by atoms with Crippen LogP contribution in [0.5, 0.6) is 0 Å². The molecule has 0 radical (unpaired) electrons. The van der Waals surface area contributed by atoms with E-state index in [-0.39, 0.29) is 18.3 Å². The van der Waals surface area contributed by atoms with Crippen molar-refractivity contribution in [2.75, 3.05) is 12.3 Å². The Balaban J connectivity index is 0.00000208. The maximum atomic E-state index is 11.0. The topological polar surface area (TPSA) is 55.1 Å². The van der Waals surface area contributed by atoms with Gasteiger partial charge in [-0.2, -0.15) is 0 Å². The van der Waals surface area contributed by atoms with Crippen molar-refractivity contribution >= 4 is 34.8 Å². The van der Waals surface area contributed by atoms with Crippen LogP contribution in [0.15, 0.2) is 60.7 Å². The fourth-order valence-corrected chi connectivity index (χ4v) is 2.83. The van der Waals surface area contributed by atoms with Crippen LogP contribution in [0.25, 0.3) is 21.9 Å². The molecule has 3 aromatic rings. The molecule has 0 aliphatic heterocycles. The molecule has 0 fully saturated rings. The fraction of sp³-hybridized carbons (Fsp3) is 0.150. The van der Waals surface area contributed by atoms with Gasteiger partial charge in [0.25, 0.3) is 0 Å². The Morgan fingerprint density at radius 1 is 1.00 bits per heavy atom. The van der Waals surface area contributed by atoms with Crippen LogP contribution in [-0.2, 0) is 11.2 Å². The molecule has 0 aliphatic carbocycles. The molecule has 3 nitrogen and oxygen atoms in total. The van der Waals surface area contributed by atoms with Crippen molar-refractivity contribution < 1.29 is 4.79 Å². The SMILES string of the molecule is CC(=O)NCCc1cccc2ccc(-c3cccc(N)c3)cc12.Cl. The molecule has 3 aromatic carbocycles. The Labute approximate surface area is 148 Å². The van der Waals surface area contributed by atoms with E-state index in [0.29, 0.717) is 6.54 Å². The van der Waals surface area contributed by atoms with Crippen molar-refractivity contribution in [1.29, 1.82) is 0 Å². The zero-order chi connectivity index (χ0) is 16.2. The largest absolute Gasteiger partial charge is 0.399 e. The molecule has 0 unspecified atom stereocenters. The molecule has 0 heterocycles. The number of hydrogen-bond acceptors (Lipinski definition) is 2. The van der Waals surface area contributed by atoms with Crippen molar-refractivity contribution in [1.82, 2.24) is 5.32 Å². The summed E-state index contributed by atoms with van der Waals surface area (Å²) < 4.78 is 0. The predicted molar refractivity (Wildman–Crippen MR) is 103 cm³/mol.